The smallest absolute Gasteiger partial charge is 0.303 e. The summed E-state index contributed by atoms with van der Waals surface area (Å²) in [5.41, 5.74) is 2.66. The van der Waals surface area contributed by atoms with Crippen LogP contribution in [0.15, 0.2) is 22.8 Å². The number of hydrogen-bond donors (Lipinski definition) is 1. The average Bonchev–Trinajstić information content (AvgIpc) is 2.85. The van der Waals surface area contributed by atoms with Crippen molar-refractivity contribution < 1.29 is 9.90 Å². The number of aliphatic carboxylic acids is 1. The van der Waals surface area contributed by atoms with E-state index in [-0.39, 0.29) is 6.42 Å². The van der Waals surface area contributed by atoms with E-state index in [2.05, 4.69) is 20.9 Å². The lowest BCUT2D eigenvalue weighted by Gasteiger charge is -2.01. The lowest BCUT2D eigenvalue weighted by Crippen LogP contribution is -2.02. The summed E-state index contributed by atoms with van der Waals surface area (Å²) in [5, 5.41) is 9.46. The fourth-order valence-electron chi connectivity index (χ4n) is 2.34. The van der Waals surface area contributed by atoms with Crippen molar-refractivity contribution in [2.24, 2.45) is 7.05 Å². The molecular weight excluding hydrogens is 346 g/mol. The Morgan fingerprint density at radius 2 is 2.25 bits per heavy atom. The molecule has 0 aliphatic heterocycles. The molecule has 0 saturated carbocycles. The lowest BCUT2D eigenvalue weighted by molar-refractivity contribution is -0.136. The topological polar surface area (TPSA) is 59.5 Å². The van der Waals surface area contributed by atoms with E-state index in [4.69, 9.17) is 16.7 Å². The van der Waals surface area contributed by atoms with Crippen molar-refractivity contribution in [2.75, 3.05) is 0 Å². The Hall–Kier alpha value is -1.53. The van der Waals surface area contributed by atoms with Crippen molar-refractivity contribution in [1.29, 1.82) is 0 Å². The van der Waals surface area contributed by atoms with Gasteiger partial charge in [0.05, 0.1) is 23.1 Å². The molecule has 0 spiro atoms. The number of hydrogen-bond acceptors (Lipinski definition) is 2. The normalized spacial score (nSPS) is 11.6. The Morgan fingerprint density at radius 1 is 1.50 bits per heavy atom. The molecule has 0 aliphatic carbocycles. The Balaban J connectivity index is 2.23. The van der Waals surface area contributed by atoms with E-state index >= 15 is 0 Å². The summed E-state index contributed by atoms with van der Waals surface area (Å²) in [4.78, 5) is 15.3. The van der Waals surface area contributed by atoms with E-state index in [0.717, 1.165) is 27.1 Å². The highest BCUT2D eigenvalue weighted by atomic mass is 79.9. The number of imidazole rings is 2. The predicted molar refractivity (Wildman–Crippen MR) is 80.3 cm³/mol. The van der Waals surface area contributed by atoms with Crippen LogP contribution in [0.2, 0.25) is 5.02 Å². The van der Waals surface area contributed by atoms with E-state index in [1.165, 1.54) is 0 Å². The molecule has 0 aliphatic rings. The summed E-state index contributed by atoms with van der Waals surface area (Å²) in [6, 6.07) is 5.53. The van der Waals surface area contributed by atoms with Crippen molar-refractivity contribution in [2.45, 2.75) is 12.8 Å². The number of benzene rings is 1. The predicted octanol–water partition coefficient (Wildman–Crippen LogP) is 3.26. The molecular formula is C13H11BrClN3O2. The van der Waals surface area contributed by atoms with E-state index in [9.17, 15) is 4.79 Å². The highest BCUT2D eigenvalue weighted by Crippen LogP contribution is 2.29. The molecule has 20 heavy (non-hydrogen) atoms. The minimum atomic E-state index is -0.813. The fraction of sp³-hybridized carbons (Fsp3) is 0.231. The van der Waals surface area contributed by atoms with Gasteiger partial charge in [0.2, 0.25) is 5.78 Å². The Kier molecular flexibility index (Phi) is 3.22. The van der Waals surface area contributed by atoms with Gasteiger partial charge in [-0.3, -0.25) is 9.20 Å². The van der Waals surface area contributed by atoms with Gasteiger partial charge < -0.3 is 9.67 Å². The van der Waals surface area contributed by atoms with Gasteiger partial charge in [-0.05, 0) is 34.1 Å². The van der Waals surface area contributed by atoms with Gasteiger partial charge in [-0.1, -0.05) is 11.6 Å². The molecule has 3 rings (SSSR count). The first kappa shape index (κ1) is 13.5. The minimum absolute atomic E-state index is 0.0867. The number of aromatic nitrogens is 3. The number of carbonyl (C=O) groups is 1. The van der Waals surface area contributed by atoms with Crippen molar-refractivity contribution >= 4 is 50.3 Å². The summed E-state index contributed by atoms with van der Waals surface area (Å²) >= 11 is 9.52. The van der Waals surface area contributed by atoms with E-state index in [0.29, 0.717) is 11.4 Å². The third-order valence-electron chi connectivity index (χ3n) is 3.31. The van der Waals surface area contributed by atoms with Crippen LogP contribution >= 0.6 is 27.5 Å². The third-order valence-corrected chi connectivity index (χ3v) is 4.36. The largest absolute Gasteiger partial charge is 0.481 e. The van der Waals surface area contributed by atoms with Crippen molar-refractivity contribution in [1.82, 2.24) is 14.0 Å². The molecule has 0 amide bonds. The second-order valence-electron chi connectivity index (χ2n) is 4.57. The first-order valence-corrected chi connectivity index (χ1v) is 7.18. The maximum atomic E-state index is 10.7. The molecule has 0 atom stereocenters. The zero-order chi connectivity index (χ0) is 14.4. The second kappa shape index (κ2) is 4.79. The molecule has 5 nitrogen and oxygen atoms in total. The van der Waals surface area contributed by atoms with Crippen LogP contribution in [-0.4, -0.2) is 25.0 Å². The van der Waals surface area contributed by atoms with Gasteiger partial charge in [0.1, 0.15) is 4.60 Å². The molecule has 0 radical (unpaired) electrons. The van der Waals surface area contributed by atoms with Crippen molar-refractivity contribution in [3.05, 3.63) is 33.5 Å². The first-order valence-electron chi connectivity index (χ1n) is 6.01. The van der Waals surface area contributed by atoms with Crippen LogP contribution in [0.1, 0.15) is 12.1 Å². The number of carboxylic acid groups (broad SMARTS) is 1. The molecule has 104 valence electrons. The van der Waals surface area contributed by atoms with Crippen molar-refractivity contribution in [3.63, 3.8) is 0 Å². The molecule has 0 fully saturated rings. The fourth-order valence-corrected chi connectivity index (χ4v) is 3.32. The first-order chi connectivity index (χ1) is 9.49. The number of rotatable bonds is 3. The number of nitrogens with zero attached hydrogens (tertiary/aromatic N) is 3. The van der Waals surface area contributed by atoms with Gasteiger partial charge in [0.25, 0.3) is 0 Å². The van der Waals surface area contributed by atoms with Crippen LogP contribution in [0, 0.1) is 0 Å². The standard InChI is InChI=1S/C13H11BrClN3O2/c1-17-10(4-5-11(19)20)12(14)18-9-3-2-7(15)6-8(9)16-13(17)18/h2-3,6H,4-5H2,1H3,(H,19,20). The van der Waals surface area contributed by atoms with Gasteiger partial charge in [0.15, 0.2) is 0 Å². The van der Waals surface area contributed by atoms with Gasteiger partial charge in [0, 0.05) is 18.5 Å². The zero-order valence-electron chi connectivity index (χ0n) is 10.6. The maximum absolute atomic E-state index is 10.7. The van der Waals surface area contributed by atoms with Crippen LogP contribution in [-0.2, 0) is 18.3 Å². The molecule has 7 heteroatoms. The molecule has 1 aromatic carbocycles. The highest BCUT2D eigenvalue weighted by Gasteiger charge is 2.18. The summed E-state index contributed by atoms with van der Waals surface area (Å²) in [6.45, 7) is 0. The highest BCUT2D eigenvalue weighted by molar-refractivity contribution is 9.10. The zero-order valence-corrected chi connectivity index (χ0v) is 12.9. The molecule has 3 aromatic rings. The number of halogens is 2. The van der Waals surface area contributed by atoms with Gasteiger partial charge >= 0.3 is 5.97 Å². The summed E-state index contributed by atoms with van der Waals surface area (Å²) < 4.78 is 4.70. The quantitative estimate of drug-likeness (QED) is 0.783. The number of aryl methyl sites for hydroxylation is 1. The second-order valence-corrected chi connectivity index (χ2v) is 5.76. The monoisotopic (exact) mass is 355 g/mol. The van der Waals surface area contributed by atoms with Crippen LogP contribution in [0.5, 0.6) is 0 Å². The lowest BCUT2D eigenvalue weighted by atomic mass is 10.2. The van der Waals surface area contributed by atoms with Crippen LogP contribution in [0.3, 0.4) is 0 Å². The summed E-state index contributed by atoms with van der Waals surface area (Å²) in [7, 11) is 1.88. The van der Waals surface area contributed by atoms with E-state index in [1.807, 2.05) is 34.2 Å². The SMILES string of the molecule is Cn1c(CCC(=O)O)c(Br)n2c3ccc(Cl)cc3nc12. The van der Waals surface area contributed by atoms with Crippen molar-refractivity contribution in [3.8, 4) is 0 Å². The Bertz CT molecular complexity index is 837. The maximum Gasteiger partial charge on any atom is 0.303 e. The summed E-state index contributed by atoms with van der Waals surface area (Å²) in [6.07, 6.45) is 0.536. The van der Waals surface area contributed by atoms with Gasteiger partial charge in [-0.25, -0.2) is 4.98 Å². The minimum Gasteiger partial charge on any atom is -0.481 e. The van der Waals surface area contributed by atoms with Crippen LogP contribution < -0.4 is 0 Å². The molecule has 2 heterocycles. The Morgan fingerprint density at radius 3 is 2.95 bits per heavy atom. The molecule has 0 unspecified atom stereocenters. The number of carboxylic acids is 1. The van der Waals surface area contributed by atoms with Crippen LogP contribution in [0.25, 0.3) is 16.8 Å². The third kappa shape index (κ3) is 1.99. The Labute approximate surface area is 127 Å². The van der Waals surface area contributed by atoms with E-state index in [1.54, 1.807) is 0 Å². The molecule has 0 saturated heterocycles. The summed E-state index contributed by atoms with van der Waals surface area (Å²) in [5.74, 6) is -0.0538. The molecule has 0 bridgehead atoms. The van der Waals surface area contributed by atoms with Crippen LogP contribution in [0.4, 0.5) is 0 Å². The molecule has 1 N–H and O–H groups in total. The molecule has 2 aromatic heterocycles. The van der Waals surface area contributed by atoms with Gasteiger partial charge in [-0.2, -0.15) is 0 Å². The average molecular weight is 357 g/mol. The van der Waals surface area contributed by atoms with E-state index < -0.39 is 5.97 Å². The number of fused-ring (bicyclic) bond motifs is 3. The van der Waals surface area contributed by atoms with Gasteiger partial charge in [-0.15, -0.1) is 0 Å².